The van der Waals surface area contributed by atoms with Crippen LogP contribution < -0.4 is 4.90 Å². The van der Waals surface area contributed by atoms with E-state index in [-0.39, 0.29) is 36.5 Å². The van der Waals surface area contributed by atoms with Gasteiger partial charge in [-0.2, -0.15) is 5.10 Å². The summed E-state index contributed by atoms with van der Waals surface area (Å²) in [5.41, 5.74) is 2.06. The summed E-state index contributed by atoms with van der Waals surface area (Å²) in [6, 6.07) is 13.7. The lowest BCUT2D eigenvalue weighted by Gasteiger charge is -2.28. The van der Waals surface area contributed by atoms with Gasteiger partial charge in [-0.3, -0.25) is 9.59 Å². The summed E-state index contributed by atoms with van der Waals surface area (Å²) in [6.07, 6.45) is 3.17. The van der Waals surface area contributed by atoms with Crippen molar-refractivity contribution in [3.8, 4) is 5.69 Å². The lowest BCUT2D eigenvalue weighted by Crippen LogP contribution is -2.36. The molecule has 0 saturated carbocycles. The van der Waals surface area contributed by atoms with Gasteiger partial charge in [0.1, 0.15) is 18.5 Å². The maximum absolute atomic E-state index is 14.1. The number of carbonyl (C=O) groups is 2. The number of halogens is 1. The number of anilines is 1. The summed E-state index contributed by atoms with van der Waals surface area (Å²) in [5, 5.41) is 4.10. The lowest BCUT2D eigenvalue weighted by atomic mass is 10.0. The van der Waals surface area contributed by atoms with Crippen molar-refractivity contribution in [3.05, 3.63) is 72.6 Å². The average molecular weight is 407 g/mol. The Hall–Kier alpha value is -3.55. The minimum absolute atomic E-state index is 0.0788. The topological polar surface area (TPSA) is 71.3 Å². The molecule has 2 aromatic carbocycles. The van der Waals surface area contributed by atoms with Crippen LogP contribution in [0.15, 0.2) is 61.2 Å². The maximum Gasteiger partial charge on any atom is 0.228 e. The molecule has 154 valence electrons. The Morgan fingerprint density at radius 3 is 2.60 bits per heavy atom. The molecule has 0 radical (unpaired) electrons. The van der Waals surface area contributed by atoms with Crippen molar-refractivity contribution in [2.75, 3.05) is 18.5 Å². The lowest BCUT2D eigenvalue weighted by molar-refractivity contribution is -0.136. The first-order valence-corrected chi connectivity index (χ1v) is 9.72. The van der Waals surface area contributed by atoms with E-state index in [1.807, 2.05) is 31.2 Å². The van der Waals surface area contributed by atoms with Crippen molar-refractivity contribution in [3.63, 3.8) is 0 Å². The number of nitrogens with zero attached hydrogens (tertiary/aromatic N) is 5. The van der Waals surface area contributed by atoms with E-state index in [9.17, 15) is 14.0 Å². The smallest absolute Gasteiger partial charge is 0.228 e. The first-order valence-electron chi connectivity index (χ1n) is 9.72. The van der Waals surface area contributed by atoms with Crippen LogP contribution in [0.2, 0.25) is 0 Å². The molecule has 1 saturated heterocycles. The molecule has 1 aliphatic heterocycles. The third-order valence-electron chi connectivity index (χ3n) is 5.60. The van der Waals surface area contributed by atoms with Gasteiger partial charge in [0.05, 0.1) is 23.3 Å². The van der Waals surface area contributed by atoms with Gasteiger partial charge < -0.3 is 9.80 Å². The maximum atomic E-state index is 14.1. The van der Waals surface area contributed by atoms with Gasteiger partial charge in [0.2, 0.25) is 11.8 Å². The minimum atomic E-state index is -0.501. The van der Waals surface area contributed by atoms with E-state index in [1.165, 1.54) is 17.3 Å². The van der Waals surface area contributed by atoms with Crippen LogP contribution in [0.25, 0.3) is 5.69 Å². The van der Waals surface area contributed by atoms with E-state index in [0.717, 1.165) is 11.3 Å². The fourth-order valence-corrected chi connectivity index (χ4v) is 3.73. The fourth-order valence-electron chi connectivity index (χ4n) is 3.73. The Balaban J connectivity index is 1.45. The first-order chi connectivity index (χ1) is 14.5. The molecular weight excluding hydrogens is 385 g/mol. The SMILES string of the molecule is C[C@@H](c1ccc(-n2cncn2)cc1)N(C)C(=O)[C@@H]1CC(=O)N(c2ccccc2F)C1. The molecule has 8 heteroatoms. The molecule has 2 heterocycles. The van der Waals surface area contributed by atoms with Gasteiger partial charge in [0.15, 0.2) is 0 Å². The molecule has 0 aliphatic carbocycles. The molecule has 30 heavy (non-hydrogen) atoms. The summed E-state index contributed by atoms with van der Waals surface area (Å²) in [5.74, 6) is -1.33. The van der Waals surface area contributed by atoms with Crippen LogP contribution in [-0.4, -0.2) is 45.1 Å². The highest BCUT2D eigenvalue weighted by molar-refractivity contribution is 6.00. The van der Waals surface area contributed by atoms with Crippen LogP contribution in [0.5, 0.6) is 0 Å². The van der Waals surface area contributed by atoms with Crippen molar-refractivity contribution >= 4 is 17.5 Å². The zero-order valence-electron chi connectivity index (χ0n) is 16.8. The Labute approximate surface area is 173 Å². The Morgan fingerprint density at radius 1 is 1.20 bits per heavy atom. The molecule has 2 atom stereocenters. The van der Waals surface area contributed by atoms with Crippen molar-refractivity contribution in [2.45, 2.75) is 19.4 Å². The van der Waals surface area contributed by atoms with Crippen molar-refractivity contribution in [1.82, 2.24) is 19.7 Å². The largest absolute Gasteiger partial charge is 0.339 e. The van der Waals surface area contributed by atoms with E-state index in [0.29, 0.717) is 0 Å². The monoisotopic (exact) mass is 407 g/mol. The Kier molecular flexibility index (Phi) is 5.31. The second-order valence-corrected chi connectivity index (χ2v) is 7.41. The molecule has 0 N–H and O–H groups in total. The number of amides is 2. The molecule has 1 aromatic heterocycles. The van der Waals surface area contributed by atoms with Crippen molar-refractivity contribution in [1.29, 1.82) is 0 Å². The van der Waals surface area contributed by atoms with E-state index < -0.39 is 11.7 Å². The second-order valence-electron chi connectivity index (χ2n) is 7.41. The minimum Gasteiger partial charge on any atom is -0.339 e. The third kappa shape index (κ3) is 3.68. The predicted molar refractivity (Wildman–Crippen MR) is 109 cm³/mol. The van der Waals surface area contributed by atoms with Gasteiger partial charge in [-0.05, 0) is 36.8 Å². The molecule has 7 nitrogen and oxygen atoms in total. The molecule has 1 fully saturated rings. The van der Waals surface area contributed by atoms with Crippen LogP contribution in [0, 0.1) is 11.7 Å². The number of rotatable bonds is 5. The second kappa shape index (κ2) is 8.06. The van der Waals surface area contributed by atoms with Gasteiger partial charge in [-0.25, -0.2) is 14.1 Å². The third-order valence-corrected chi connectivity index (χ3v) is 5.60. The molecule has 2 amide bonds. The zero-order valence-corrected chi connectivity index (χ0v) is 16.8. The van der Waals surface area contributed by atoms with Gasteiger partial charge in [0.25, 0.3) is 0 Å². The first kappa shape index (κ1) is 19.8. The molecule has 0 unspecified atom stereocenters. The van der Waals surface area contributed by atoms with Gasteiger partial charge in [-0.15, -0.1) is 0 Å². The number of hydrogen-bond donors (Lipinski definition) is 0. The van der Waals surface area contributed by atoms with E-state index in [2.05, 4.69) is 10.1 Å². The summed E-state index contributed by atoms with van der Waals surface area (Å²) in [4.78, 5) is 32.4. The van der Waals surface area contributed by atoms with E-state index >= 15 is 0 Å². The Bertz CT molecular complexity index is 1050. The van der Waals surface area contributed by atoms with E-state index in [1.54, 1.807) is 41.2 Å². The number of para-hydroxylation sites is 1. The summed E-state index contributed by atoms with van der Waals surface area (Å²) in [6.45, 7) is 2.12. The molecule has 3 aromatic rings. The highest BCUT2D eigenvalue weighted by Gasteiger charge is 2.38. The van der Waals surface area contributed by atoms with Gasteiger partial charge in [0, 0.05) is 20.0 Å². The van der Waals surface area contributed by atoms with E-state index in [4.69, 9.17) is 0 Å². The summed E-state index contributed by atoms with van der Waals surface area (Å²) < 4.78 is 15.7. The van der Waals surface area contributed by atoms with Gasteiger partial charge >= 0.3 is 0 Å². The standard InChI is InChI=1S/C22H22FN5O2/c1-15(16-7-9-18(10-8-16)28-14-24-13-25-28)26(2)22(30)17-11-21(29)27(12-17)20-6-4-3-5-19(20)23/h3-10,13-15,17H,11-12H2,1-2H3/t15-,17+/m0/s1. The van der Waals surface area contributed by atoms with Crippen LogP contribution in [-0.2, 0) is 9.59 Å². The van der Waals surface area contributed by atoms with Crippen LogP contribution in [0.3, 0.4) is 0 Å². The zero-order chi connectivity index (χ0) is 21.3. The highest BCUT2D eigenvalue weighted by atomic mass is 19.1. The van der Waals surface area contributed by atoms with Crippen molar-refractivity contribution in [2.24, 2.45) is 5.92 Å². The number of aromatic nitrogens is 3. The number of carbonyl (C=O) groups excluding carboxylic acids is 2. The quantitative estimate of drug-likeness (QED) is 0.652. The predicted octanol–water partition coefficient (Wildman–Crippen LogP) is 2.98. The number of benzene rings is 2. The fraction of sp³-hybridized carbons (Fsp3) is 0.273. The summed E-state index contributed by atoms with van der Waals surface area (Å²) >= 11 is 0. The normalized spacial score (nSPS) is 17.2. The molecular formula is C22H22FN5O2. The molecule has 0 bridgehead atoms. The summed E-state index contributed by atoms with van der Waals surface area (Å²) in [7, 11) is 1.73. The van der Waals surface area contributed by atoms with Crippen molar-refractivity contribution < 1.29 is 14.0 Å². The number of hydrogen-bond acceptors (Lipinski definition) is 4. The Morgan fingerprint density at radius 2 is 1.93 bits per heavy atom. The molecule has 0 spiro atoms. The van der Waals surface area contributed by atoms with Crippen LogP contribution in [0.4, 0.5) is 10.1 Å². The van der Waals surface area contributed by atoms with Gasteiger partial charge in [-0.1, -0.05) is 24.3 Å². The molecule has 4 rings (SSSR count). The highest BCUT2D eigenvalue weighted by Crippen LogP contribution is 2.30. The average Bonchev–Trinajstić information content (AvgIpc) is 3.43. The molecule has 1 aliphatic rings. The van der Waals surface area contributed by atoms with Crippen LogP contribution >= 0.6 is 0 Å². The van der Waals surface area contributed by atoms with Crippen LogP contribution in [0.1, 0.15) is 24.9 Å².